The highest BCUT2D eigenvalue weighted by Gasteiger charge is 2.38. The molecule has 6 aromatic rings. The molecule has 79 heavy (non-hydrogen) atoms. The van der Waals surface area contributed by atoms with Crippen molar-refractivity contribution in [1.29, 1.82) is 0 Å². The van der Waals surface area contributed by atoms with Gasteiger partial charge in [-0.15, -0.1) is 11.3 Å². The number of carbonyl (C=O) groups is 3. The van der Waals surface area contributed by atoms with Crippen molar-refractivity contribution in [2.75, 3.05) is 88.5 Å². The molecule has 1 unspecified atom stereocenters. The van der Waals surface area contributed by atoms with Crippen molar-refractivity contribution in [3.05, 3.63) is 107 Å². The molecule has 0 radical (unpaired) electrons. The lowest BCUT2D eigenvalue weighted by atomic mass is 9.83. The summed E-state index contributed by atoms with van der Waals surface area (Å²) in [5, 5.41) is 21.2. The Morgan fingerprint density at radius 3 is 2.38 bits per heavy atom. The maximum absolute atomic E-state index is 14.0. The maximum Gasteiger partial charge on any atom is 0.318 e. The number of hydrogen-bond donors (Lipinski definition) is 2. The second-order valence-electron chi connectivity index (χ2n) is 22.1. The Morgan fingerprint density at radius 2 is 1.59 bits per heavy atom. The SMILES string of the molecule is C=CC(=O)N1CCN(c2nc(O[C@H](C)CN3CCC(OCCOc4ccc5ccccc5c4-c4csc(C5CCN(C(=O)[C@@H](NC(=O)CC)C6CCCCC6)C5)n4)CC3)nc3c2CCN(c2cc(O)cc4ccccc24)C3)CC1. The van der Waals surface area contributed by atoms with Crippen LogP contribution >= 0.6 is 11.3 Å². The first-order valence-corrected chi connectivity index (χ1v) is 29.7. The number of ether oxygens (including phenoxy) is 3. The van der Waals surface area contributed by atoms with Gasteiger partial charge in [-0.2, -0.15) is 9.97 Å². The summed E-state index contributed by atoms with van der Waals surface area (Å²) in [7, 11) is 0. The number of carbonyl (C=O) groups excluding carboxylic acids is 3. The predicted octanol–water partition coefficient (Wildman–Crippen LogP) is 9.13. The monoisotopic (exact) mass is 1090 g/mol. The molecule has 2 aromatic heterocycles. The van der Waals surface area contributed by atoms with Gasteiger partial charge in [-0.1, -0.05) is 87.4 Å². The number of benzene rings is 4. The Bertz CT molecular complexity index is 3150. The van der Waals surface area contributed by atoms with Crippen LogP contribution in [0.25, 0.3) is 32.8 Å². The molecule has 3 atom stereocenters. The number of likely N-dealkylation sites (tertiary alicyclic amines) is 2. The number of piperidine rings is 1. The van der Waals surface area contributed by atoms with Gasteiger partial charge in [-0.05, 0) is 85.7 Å². The number of fused-ring (bicyclic) bond motifs is 3. The van der Waals surface area contributed by atoms with Crippen molar-refractivity contribution in [2.45, 2.75) is 109 Å². The number of phenolic OH excluding ortho intramolecular Hbond substituents is 1. The third kappa shape index (κ3) is 12.3. The van der Waals surface area contributed by atoms with E-state index < -0.39 is 6.04 Å². The van der Waals surface area contributed by atoms with Crippen molar-refractivity contribution < 1.29 is 33.7 Å². The minimum atomic E-state index is -0.454. The van der Waals surface area contributed by atoms with Crippen molar-refractivity contribution in [3.8, 4) is 28.8 Å². The molecule has 0 spiro atoms. The van der Waals surface area contributed by atoms with Gasteiger partial charge in [0.2, 0.25) is 17.7 Å². The van der Waals surface area contributed by atoms with Gasteiger partial charge in [-0.3, -0.25) is 19.3 Å². The molecular formula is C62H75N9O7S. The Balaban J connectivity index is 0.692. The molecule has 4 fully saturated rings. The fraction of sp³-hybridized carbons (Fsp3) is 0.484. The molecule has 4 aromatic carbocycles. The number of aromatic hydroxyl groups is 1. The van der Waals surface area contributed by atoms with Crippen LogP contribution in [-0.4, -0.2) is 149 Å². The second kappa shape index (κ2) is 24.7. The normalized spacial score (nSPS) is 19.3. The zero-order valence-electron chi connectivity index (χ0n) is 45.8. The Labute approximate surface area is 467 Å². The van der Waals surface area contributed by atoms with Crippen molar-refractivity contribution in [2.24, 2.45) is 5.92 Å². The fourth-order valence-electron chi connectivity index (χ4n) is 12.6. The van der Waals surface area contributed by atoms with Gasteiger partial charge < -0.3 is 44.2 Å². The highest BCUT2D eigenvalue weighted by molar-refractivity contribution is 7.10. The zero-order valence-corrected chi connectivity index (χ0v) is 46.6. The number of amides is 3. The smallest absolute Gasteiger partial charge is 0.318 e. The number of nitrogens with zero attached hydrogens (tertiary/aromatic N) is 8. The van der Waals surface area contributed by atoms with E-state index in [0.29, 0.717) is 71.5 Å². The van der Waals surface area contributed by atoms with Crippen LogP contribution in [0.3, 0.4) is 0 Å². The van der Waals surface area contributed by atoms with Crippen LogP contribution in [0.15, 0.2) is 90.8 Å². The average molecular weight is 1090 g/mol. The van der Waals surface area contributed by atoms with Gasteiger partial charge in [0.05, 0.1) is 41.2 Å². The predicted molar refractivity (Wildman–Crippen MR) is 310 cm³/mol. The van der Waals surface area contributed by atoms with Gasteiger partial charge in [0.15, 0.2) is 0 Å². The third-order valence-electron chi connectivity index (χ3n) is 16.8. The van der Waals surface area contributed by atoms with Crippen LogP contribution in [0.2, 0.25) is 0 Å². The number of nitrogens with one attached hydrogen (secondary N) is 1. The molecule has 3 amide bonds. The van der Waals surface area contributed by atoms with Crippen LogP contribution in [0, 0.1) is 5.92 Å². The highest BCUT2D eigenvalue weighted by Crippen LogP contribution is 2.41. The lowest BCUT2D eigenvalue weighted by Crippen LogP contribution is -2.52. The molecule has 16 nitrogen and oxygen atoms in total. The number of anilines is 2. The summed E-state index contributed by atoms with van der Waals surface area (Å²) in [6.45, 7) is 16.0. The first-order chi connectivity index (χ1) is 38.6. The van der Waals surface area contributed by atoms with Crippen molar-refractivity contribution >= 4 is 62.1 Å². The van der Waals surface area contributed by atoms with E-state index in [4.69, 9.17) is 29.2 Å². The minimum absolute atomic E-state index is 0.0549. The standard InChI is InChI=1S/C62H75N9O7S/c1-4-55(73)65-58(43-14-7-6-8-15-43)61(75)71-27-21-45(38-71)60-63-52(40-79-60)57-49-18-12-9-13-42(49)19-20-54(57)77-34-33-76-47-22-25-67(26-23-47)37-41(3)78-62-64-51-39-70(53-36-46(72)35-44-16-10-11-17-48(44)53)28-24-50(51)59(66-62)69-31-29-68(30-32-69)56(74)5-2/h5,9-13,16-20,35-36,40-41,43,45,47,58,72H,2,4,6-8,14-15,21-34,37-39H2,1,3H3,(H,65,73)/t41-,45?,58+/m1/s1. The van der Waals surface area contributed by atoms with E-state index in [-0.39, 0.29) is 47.5 Å². The third-order valence-corrected chi connectivity index (χ3v) is 17.9. The number of hydrogen-bond acceptors (Lipinski definition) is 14. The fourth-order valence-corrected chi connectivity index (χ4v) is 13.6. The summed E-state index contributed by atoms with van der Waals surface area (Å²) in [5.41, 5.74) is 4.83. The molecule has 17 heteroatoms. The number of thiazole rings is 1. The Kier molecular flexibility index (Phi) is 16.9. The largest absolute Gasteiger partial charge is 0.508 e. The lowest BCUT2D eigenvalue weighted by molar-refractivity contribution is -0.137. The number of phenols is 1. The quantitative estimate of drug-likeness (QED) is 0.0619. The van der Waals surface area contributed by atoms with E-state index in [0.717, 1.165) is 144 Å². The Morgan fingerprint density at radius 1 is 0.823 bits per heavy atom. The maximum atomic E-state index is 14.0. The molecule has 416 valence electrons. The highest BCUT2D eigenvalue weighted by atomic mass is 32.1. The second-order valence-corrected chi connectivity index (χ2v) is 23.0. The summed E-state index contributed by atoms with van der Waals surface area (Å²) in [5.74, 6) is 2.13. The van der Waals surface area contributed by atoms with Gasteiger partial charge in [0.25, 0.3) is 0 Å². The number of aromatic nitrogens is 3. The molecular weight excluding hydrogens is 1010 g/mol. The van der Waals surface area contributed by atoms with E-state index in [1.165, 1.54) is 12.5 Å². The van der Waals surface area contributed by atoms with Crippen LogP contribution in [0.5, 0.6) is 17.5 Å². The average Bonchev–Trinajstić information content (AvgIpc) is 4.22. The summed E-state index contributed by atoms with van der Waals surface area (Å²) in [6.07, 6.45) is 10.4. The van der Waals surface area contributed by atoms with Crippen LogP contribution in [0.1, 0.15) is 93.8 Å². The molecule has 0 bridgehead atoms. The van der Waals surface area contributed by atoms with Gasteiger partial charge in [0.1, 0.15) is 36.1 Å². The summed E-state index contributed by atoms with van der Waals surface area (Å²) in [4.78, 5) is 65.3. The molecule has 6 heterocycles. The summed E-state index contributed by atoms with van der Waals surface area (Å²) in [6, 6.07) is 24.2. The first kappa shape index (κ1) is 54.2. The zero-order chi connectivity index (χ0) is 54.4. The van der Waals surface area contributed by atoms with E-state index in [2.05, 4.69) is 75.3 Å². The summed E-state index contributed by atoms with van der Waals surface area (Å²) < 4.78 is 19.6. The van der Waals surface area contributed by atoms with E-state index >= 15 is 0 Å². The van der Waals surface area contributed by atoms with Gasteiger partial charge in [-0.25, -0.2) is 4.98 Å². The number of piperazine rings is 1. The van der Waals surface area contributed by atoms with Crippen molar-refractivity contribution in [1.82, 2.24) is 35.0 Å². The van der Waals surface area contributed by atoms with E-state index in [9.17, 15) is 19.5 Å². The van der Waals surface area contributed by atoms with Crippen molar-refractivity contribution in [3.63, 3.8) is 0 Å². The van der Waals surface area contributed by atoms with Crippen LogP contribution in [-0.2, 0) is 32.1 Å². The first-order valence-electron chi connectivity index (χ1n) is 28.8. The Hall–Kier alpha value is -6.82. The van der Waals surface area contributed by atoms with E-state index in [1.807, 2.05) is 47.1 Å². The molecule has 1 saturated carbocycles. The lowest BCUT2D eigenvalue weighted by Gasteiger charge is -2.38. The molecule has 1 aliphatic carbocycles. The summed E-state index contributed by atoms with van der Waals surface area (Å²) >= 11 is 1.65. The van der Waals surface area contributed by atoms with Gasteiger partial charge in [0, 0.05) is 106 Å². The topological polar surface area (TPSA) is 166 Å². The molecule has 5 aliphatic rings. The molecule has 4 aliphatic heterocycles. The van der Waals surface area contributed by atoms with Crippen LogP contribution < -0.4 is 24.6 Å². The van der Waals surface area contributed by atoms with Crippen LogP contribution in [0.4, 0.5) is 11.5 Å². The molecule has 11 rings (SSSR count). The minimum Gasteiger partial charge on any atom is -0.508 e. The molecule has 3 saturated heterocycles. The van der Waals surface area contributed by atoms with Gasteiger partial charge >= 0.3 is 6.01 Å². The van der Waals surface area contributed by atoms with E-state index in [1.54, 1.807) is 17.4 Å². The number of rotatable bonds is 18. The molecule has 2 N–H and O–H groups in total.